The first-order valence-corrected chi connectivity index (χ1v) is 22.9. The Labute approximate surface area is 432 Å². The molecule has 8 aromatic carbocycles. The maximum atomic E-state index is 14.7. The van der Waals surface area contributed by atoms with Crippen LogP contribution in [-0.4, -0.2) is 19.5 Å². The number of halogens is 18. The van der Waals surface area contributed by atoms with Crippen molar-refractivity contribution in [1.82, 2.24) is 19.5 Å². The van der Waals surface area contributed by atoms with Gasteiger partial charge in [0.2, 0.25) is 0 Å². The first kappa shape index (κ1) is 53.7. The van der Waals surface area contributed by atoms with E-state index in [-0.39, 0.29) is 74.3 Å². The van der Waals surface area contributed by atoms with Crippen LogP contribution in [0.4, 0.5) is 79.0 Å². The molecule has 0 radical (unpaired) electrons. The highest BCUT2D eigenvalue weighted by Crippen LogP contribution is 2.48. The lowest BCUT2D eigenvalue weighted by Gasteiger charge is -2.19. The van der Waals surface area contributed by atoms with Crippen molar-refractivity contribution in [1.29, 1.82) is 0 Å². The topological polar surface area (TPSA) is 43.6 Å². The van der Waals surface area contributed by atoms with Crippen LogP contribution >= 0.6 is 0 Å². The first-order valence-electron chi connectivity index (χ1n) is 22.9. The quantitative estimate of drug-likeness (QED) is 0.149. The Morgan fingerprint density at radius 2 is 0.633 bits per heavy atom. The lowest BCUT2D eigenvalue weighted by atomic mass is 9.94. The van der Waals surface area contributed by atoms with Gasteiger partial charge in [0.1, 0.15) is 0 Å². The van der Waals surface area contributed by atoms with Crippen molar-refractivity contribution in [3.8, 4) is 73.2 Å². The lowest BCUT2D eigenvalue weighted by Crippen LogP contribution is -2.12. The monoisotopic (exact) mass is 1110 g/mol. The normalized spacial score (nSPS) is 12.9. The summed E-state index contributed by atoms with van der Waals surface area (Å²) in [6.07, 6.45) is -32.1. The van der Waals surface area contributed by atoms with Gasteiger partial charge in [0.05, 0.1) is 50.1 Å². The standard InChI is InChI=1S/C57H28F18N4/c58-52(59,60)35-14-17-39(44(27-35)56(70,71)72)31-12-19-46-42(23-31)43-24-32(40-18-15-36(53(61,62)63)28-45(40)57(73,74)75)13-20-47(43)79(46)48-25-33(11-16-41(48)34-21-37(54(64,65)66)26-38(22-34)55(67,68)69)51-77-49(29-7-3-1-4-8-29)76-50(78-51)30-9-5-2-6-10-30/h1-28H. The highest BCUT2D eigenvalue weighted by Gasteiger charge is 2.41. The molecule has 79 heavy (non-hydrogen) atoms. The van der Waals surface area contributed by atoms with Crippen molar-refractivity contribution >= 4 is 21.8 Å². The Morgan fingerprint density at radius 3 is 1.01 bits per heavy atom. The average Bonchev–Trinajstić information content (AvgIpc) is 4.02. The fraction of sp³-hybridized carbons (Fsp3) is 0.105. The molecule has 10 rings (SSSR count). The van der Waals surface area contributed by atoms with Crippen LogP contribution in [0.1, 0.15) is 33.4 Å². The molecule has 402 valence electrons. The van der Waals surface area contributed by atoms with Crippen LogP contribution in [0.2, 0.25) is 0 Å². The molecule has 0 bridgehead atoms. The van der Waals surface area contributed by atoms with Crippen molar-refractivity contribution in [2.75, 3.05) is 0 Å². The molecule has 0 saturated heterocycles. The van der Waals surface area contributed by atoms with Gasteiger partial charge in [0, 0.05) is 33.0 Å². The van der Waals surface area contributed by atoms with Gasteiger partial charge in [-0.25, -0.2) is 15.0 Å². The summed E-state index contributed by atoms with van der Waals surface area (Å²) in [4.78, 5) is 14.0. The molecule has 0 spiro atoms. The van der Waals surface area contributed by atoms with E-state index in [9.17, 15) is 79.0 Å². The van der Waals surface area contributed by atoms with E-state index in [1.54, 1.807) is 60.7 Å². The van der Waals surface area contributed by atoms with Crippen LogP contribution in [-0.2, 0) is 37.1 Å². The Bertz CT molecular complexity index is 3760. The van der Waals surface area contributed by atoms with E-state index in [0.29, 0.717) is 47.5 Å². The summed E-state index contributed by atoms with van der Waals surface area (Å²) in [6, 6.07) is 29.1. The molecule has 0 saturated carbocycles. The van der Waals surface area contributed by atoms with Crippen molar-refractivity contribution < 1.29 is 79.0 Å². The summed E-state index contributed by atoms with van der Waals surface area (Å²) in [5, 5.41) is -0.422. The second-order valence-electron chi connectivity index (χ2n) is 17.9. The van der Waals surface area contributed by atoms with Crippen molar-refractivity contribution in [2.45, 2.75) is 37.1 Å². The summed E-state index contributed by atoms with van der Waals surface area (Å²) in [5.74, 6) is 0.0835. The van der Waals surface area contributed by atoms with Crippen LogP contribution in [0.3, 0.4) is 0 Å². The number of hydrogen-bond donors (Lipinski definition) is 0. The highest BCUT2D eigenvalue weighted by atomic mass is 19.4. The van der Waals surface area contributed by atoms with E-state index in [1.807, 2.05) is 0 Å². The van der Waals surface area contributed by atoms with E-state index in [1.165, 1.54) is 16.7 Å². The van der Waals surface area contributed by atoms with Gasteiger partial charge in [0.15, 0.2) is 17.5 Å². The molecule has 0 fully saturated rings. The summed E-state index contributed by atoms with van der Waals surface area (Å²) < 4.78 is 260. The molecular formula is C57H28F18N4. The molecule has 2 aromatic heterocycles. The zero-order chi connectivity index (χ0) is 56.8. The van der Waals surface area contributed by atoms with E-state index in [4.69, 9.17) is 0 Å². The summed E-state index contributed by atoms with van der Waals surface area (Å²) >= 11 is 0. The summed E-state index contributed by atoms with van der Waals surface area (Å²) in [6.45, 7) is 0. The minimum Gasteiger partial charge on any atom is -0.309 e. The predicted molar refractivity (Wildman–Crippen MR) is 257 cm³/mol. The lowest BCUT2D eigenvalue weighted by molar-refractivity contribution is -0.144. The van der Waals surface area contributed by atoms with Crippen molar-refractivity contribution in [2.24, 2.45) is 0 Å². The number of nitrogens with zero attached hydrogens (tertiary/aromatic N) is 4. The van der Waals surface area contributed by atoms with Gasteiger partial charge < -0.3 is 4.57 Å². The Kier molecular flexibility index (Phi) is 12.9. The molecule has 2 heterocycles. The molecular weight excluding hydrogens is 1080 g/mol. The molecule has 0 unspecified atom stereocenters. The second kappa shape index (κ2) is 19.0. The van der Waals surface area contributed by atoms with Gasteiger partial charge in [-0.05, 0) is 101 Å². The third-order valence-corrected chi connectivity index (χ3v) is 12.8. The van der Waals surface area contributed by atoms with Crippen LogP contribution in [0.5, 0.6) is 0 Å². The average molecular weight is 1110 g/mol. The minimum absolute atomic E-state index is 0.0286. The van der Waals surface area contributed by atoms with Crippen LogP contribution in [0, 0.1) is 0 Å². The van der Waals surface area contributed by atoms with Gasteiger partial charge >= 0.3 is 37.1 Å². The largest absolute Gasteiger partial charge is 0.417 e. The Hall–Kier alpha value is -8.69. The van der Waals surface area contributed by atoms with E-state index < -0.39 is 98.3 Å². The number of benzene rings is 8. The van der Waals surface area contributed by atoms with E-state index in [0.717, 1.165) is 42.5 Å². The van der Waals surface area contributed by atoms with Crippen molar-refractivity contribution in [3.63, 3.8) is 0 Å². The highest BCUT2D eigenvalue weighted by molar-refractivity contribution is 6.12. The third kappa shape index (κ3) is 10.6. The molecule has 0 aliphatic rings. The molecule has 0 amide bonds. The number of fused-ring (bicyclic) bond motifs is 3. The van der Waals surface area contributed by atoms with Gasteiger partial charge in [-0.2, -0.15) is 79.0 Å². The van der Waals surface area contributed by atoms with Gasteiger partial charge in [-0.15, -0.1) is 0 Å². The fourth-order valence-electron chi connectivity index (χ4n) is 9.18. The van der Waals surface area contributed by atoms with Crippen LogP contribution in [0.25, 0.3) is 95.0 Å². The first-order chi connectivity index (χ1) is 36.9. The number of aromatic nitrogens is 4. The molecule has 0 N–H and O–H groups in total. The number of rotatable bonds is 7. The fourth-order valence-corrected chi connectivity index (χ4v) is 9.18. The molecule has 4 nitrogen and oxygen atoms in total. The minimum atomic E-state index is -5.44. The Morgan fingerprint density at radius 1 is 0.266 bits per heavy atom. The van der Waals surface area contributed by atoms with Gasteiger partial charge in [-0.3, -0.25) is 0 Å². The maximum absolute atomic E-state index is 14.7. The Balaban J connectivity index is 1.32. The van der Waals surface area contributed by atoms with Crippen LogP contribution < -0.4 is 0 Å². The predicted octanol–water partition coefficient (Wildman–Crippen LogP) is 19.1. The van der Waals surface area contributed by atoms with E-state index in [2.05, 4.69) is 15.0 Å². The molecule has 10 aromatic rings. The zero-order valence-electron chi connectivity index (χ0n) is 39.3. The third-order valence-electron chi connectivity index (χ3n) is 12.8. The molecule has 0 aliphatic carbocycles. The number of alkyl halides is 18. The summed E-state index contributed by atoms with van der Waals surface area (Å²) in [7, 11) is 0. The number of hydrogen-bond acceptors (Lipinski definition) is 3. The maximum Gasteiger partial charge on any atom is 0.417 e. The molecule has 0 aliphatic heterocycles. The SMILES string of the molecule is FC(F)(F)c1cc(-c2ccc(-c3nc(-c4ccccc4)nc(-c4ccccc4)n3)cc2-n2c3ccc(-c4ccc(C(F)(F)F)cc4C(F)(F)F)cc3c3cc(-c4ccc(C(F)(F)F)cc4C(F)(F)F)ccc32)cc(C(F)(F)F)c1. The van der Waals surface area contributed by atoms with Crippen LogP contribution in [0.15, 0.2) is 170 Å². The van der Waals surface area contributed by atoms with Gasteiger partial charge in [-0.1, -0.05) is 97.1 Å². The van der Waals surface area contributed by atoms with Crippen molar-refractivity contribution in [3.05, 3.63) is 203 Å². The summed E-state index contributed by atoms with van der Waals surface area (Å²) in [5.41, 5.74) is -13.6. The smallest absolute Gasteiger partial charge is 0.309 e. The molecule has 22 heteroatoms. The second-order valence-corrected chi connectivity index (χ2v) is 17.9. The van der Waals surface area contributed by atoms with E-state index >= 15 is 0 Å². The van der Waals surface area contributed by atoms with Gasteiger partial charge in [0.25, 0.3) is 0 Å². The zero-order valence-corrected chi connectivity index (χ0v) is 39.3. The molecule has 0 atom stereocenters.